The lowest BCUT2D eigenvalue weighted by molar-refractivity contribution is -0.137. The molecule has 2 N–H and O–H groups in total. The van der Waals surface area contributed by atoms with Gasteiger partial charge >= 0.3 is 6.18 Å². The number of piperidine rings is 1. The first-order valence-electron chi connectivity index (χ1n) is 9.72. The van der Waals surface area contributed by atoms with Gasteiger partial charge in [-0.05, 0) is 63.8 Å². The average molecular weight is 512 g/mol. The van der Waals surface area contributed by atoms with Gasteiger partial charge in [0.15, 0.2) is 5.96 Å². The Kier molecular flexibility index (Phi) is 10.6. The molecule has 0 amide bonds. The van der Waals surface area contributed by atoms with Crippen molar-refractivity contribution in [2.45, 2.75) is 52.4 Å². The van der Waals surface area contributed by atoms with Crippen LogP contribution < -0.4 is 10.6 Å². The van der Waals surface area contributed by atoms with Gasteiger partial charge in [0.2, 0.25) is 0 Å². The van der Waals surface area contributed by atoms with Gasteiger partial charge in [-0.15, -0.1) is 24.0 Å². The van der Waals surface area contributed by atoms with Crippen molar-refractivity contribution in [3.63, 3.8) is 0 Å². The quantitative estimate of drug-likeness (QED) is 0.335. The molecule has 1 aliphatic heterocycles. The fourth-order valence-electron chi connectivity index (χ4n) is 3.33. The first-order valence-corrected chi connectivity index (χ1v) is 9.72. The first kappa shape index (κ1) is 25.0. The van der Waals surface area contributed by atoms with E-state index in [1.165, 1.54) is 18.9 Å². The van der Waals surface area contributed by atoms with E-state index < -0.39 is 11.7 Å². The van der Waals surface area contributed by atoms with Crippen LogP contribution in [0.2, 0.25) is 0 Å². The molecule has 0 aromatic heterocycles. The highest BCUT2D eigenvalue weighted by molar-refractivity contribution is 14.0. The second-order valence-corrected chi connectivity index (χ2v) is 7.37. The normalized spacial score (nSPS) is 18.7. The van der Waals surface area contributed by atoms with E-state index in [-0.39, 0.29) is 30.5 Å². The zero-order chi connectivity index (χ0) is 19.9. The van der Waals surface area contributed by atoms with Crippen LogP contribution in [0.5, 0.6) is 0 Å². The Morgan fingerprint density at radius 1 is 1.29 bits per heavy atom. The highest BCUT2D eigenvalue weighted by Gasteiger charge is 2.30. The summed E-state index contributed by atoms with van der Waals surface area (Å²) in [5, 5.41) is 6.53. The highest BCUT2D eigenvalue weighted by Crippen LogP contribution is 2.29. The third-order valence-corrected chi connectivity index (χ3v) is 4.86. The molecule has 0 aliphatic carbocycles. The van der Waals surface area contributed by atoms with E-state index in [1.807, 2.05) is 6.92 Å². The van der Waals surface area contributed by atoms with E-state index in [4.69, 9.17) is 0 Å². The Morgan fingerprint density at radius 3 is 2.68 bits per heavy atom. The number of likely N-dealkylation sites (tertiary alicyclic amines) is 1. The molecule has 1 atom stereocenters. The van der Waals surface area contributed by atoms with Crippen LogP contribution in [0.1, 0.15) is 44.7 Å². The molecule has 1 saturated heterocycles. The average Bonchev–Trinajstić information content (AvgIpc) is 2.64. The van der Waals surface area contributed by atoms with Crippen molar-refractivity contribution in [2.75, 3.05) is 26.2 Å². The minimum atomic E-state index is -4.33. The van der Waals surface area contributed by atoms with Crippen LogP contribution in [0, 0.1) is 5.92 Å². The third-order valence-electron chi connectivity index (χ3n) is 4.86. The molecule has 1 unspecified atom stereocenters. The monoisotopic (exact) mass is 512 g/mol. The molecule has 0 spiro atoms. The minimum absolute atomic E-state index is 0. The molecule has 0 bridgehead atoms. The summed E-state index contributed by atoms with van der Waals surface area (Å²) in [5.41, 5.74) is -0.0881. The molecule has 8 heteroatoms. The summed E-state index contributed by atoms with van der Waals surface area (Å²) in [5.74, 6) is 1.20. The fourth-order valence-corrected chi connectivity index (χ4v) is 3.33. The maximum absolute atomic E-state index is 12.8. The van der Waals surface area contributed by atoms with Gasteiger partial charge in [0.05, 0.1) is 12.1 Å². The number of hydrogen-bond acceptors (Lipinski definition) is 2. The first-order chi connectivity index (χ1) is 12.8. The van der Waals surface area contributed by atoms with Crippen LogP contribution in [0.15, 0.2) is 29.3 Å². The largest absolute Gasteiger partial charge is 0.416 e. The summed E-state index contributed by atoms with van der Waals surface area (Å²) in [7, 11) is 0. The summed E-state index contributed by atoms with van der Waals surface area (Å²) < 4.78 is 38.5. The van der Waals surface area contributed by atoms with Crippen molar-refractivity contribution < 1.29 is 13.2 Å². The standard InChI is InChI=1S/C20H31F3N4.HI/c1-4-24-19(26-13-17-8-6-10-27(14-17)15(2)3)25-12-16-7-5-9-18(11-16)20(21,22)23;/h5,7,9,11,15,17H,4,6,8,10,12-14H2,1-3H3,(H2,24,25,26);1H. The van der Waals surface area contributed by atoms with Crippen molar-refractivity contribution in [3.8, 4) is 0 Å². The van der Waals surface area contributed by atoms with Crippen LogP contribution in [0.25, 0.3) is 0 Å². The van der Waals surface area contributed by atoms with Crippen LogP contribution >= 0.6 is 24.0 Å². The second-order valence-electron chi connectivity index (χ2n) is 7.37. The Labute approximate surface area is 183 Å². The Balaban J connectivity index is 0.00000392. The Bertz CT molecular complexity index is 620. The molecule has 4 nitrogen and oxygen atoms in total. The van der Waals surface area contributed by atoms with Gasteiger partial charge < -0.3 is 15.5 Å². The van der Waals surface area contributed by atoms with Crippen LogP contribution in [-0.2, 0) is 12.7 Å². The fraction of sp³-hybridized carbons (Fsp3) is 0.650. The summed E-state index contributed by atoms with van der Waals surface area (Å²) in [6, 6.07) is 5.89. The van der Waals surface area contributed by atoms with Crippen LogP contribution in [0.3, 0.4) is 0 Å². The number of aliphatic imine (C=N–C) groups is 1. The number of halogens is 4. The molecule has 1 aliphatic rings. The van der Waals surface area contributed by atoms with E-state index in [2.05, 4.69) is 34.4 Å². The van der Waals surface area contributed by atoms with Crippen molar-refractivity contribution in [3.05, 3.63) is 35.4 Å². The molecule has 1 fully saturated rings. The lowest BCUT2D eigenvalue weighted by atomic mass is 9.97. The van der Waals surface area contributed by atoms with Crippen molar-refractivity contribution in [1.29, 1.82) is 0 Å². The molecule has 0 radical (unpaired) electrons. The molecule has 1 aromatic rings. The second kappa shape index (κ2) is 11.8. The van der Waals surface area contributed by atoms with Crippen molar-refractivity contribution in [1.82, 2.24) is 15.5 Å². The molecule has 160 valence electrons. The molecule has 2 rings (SSSR count). The van der Waals surface area contributed by atoms with Gasteiger partial charge in [-0.2, -0.15) is 13.2 Å². The maximum Gasteiger partial charge on any atom is 0.416 e. The van der Waals surface area contributed by atoms with Gasteiger partial charge in [-0.25, -0.2) is 4.99 Å². The predicted molar refractivity (Wildman–Crippen MR) is 119 cm³/mol. The van der Waals surface area contributed by atoms with E-state index in [0.717, 1.165) is 31.8 Å². The molecule has 1 heterocycles. The van der Waals surface area contributed by atoms with E-state index in [9.17, 15) is 13.2 Å². The van der Waals surface area contributed by atoms with Crippen molar-refractivity contribution in [2.24, 2.45) is 10.9 Å². The SMILES string of the molecule is CCNC(=NCc1cccc(C(F)(F)F)c1)NCC1CCCN(C(C)C)C1.I. The summed E-state index contributed by atoms with van der Waals surface area (Å²) >= 11 is 0. The zero-order valence-corrected chi connectivity index (χ0v) is 19.2. The Morgan fingerprint density at radius 2 is 2.04 bits per heavy atom. The highest BCUT2D eigenvalue weighted by atomic mass is 127. The number of hydrogen-bond donors (Lipinski definition) is 2. The van der Waals surface area contributed by atoms with Gasteiger partial charge in [-0.1, -0.05) is 12.1 Å². The van der Waals surface area contributed by atoms with Crippen LogP contribution in [-0.4, -0.2) is 43.1 Å². The van der Waals surface area contributed by atoms with Gasteiger partial charge in [0.25, 0.3) is 0 Å². The number of alkyl halides is 3. The van der Waals surface area contributed by atoms with Gasteiger partial charge in [0, 0.05) is 25.7 Å². The zero-order valence-electron chi connectivity index (χ0n) is 16.9. The van der Waals surface area contributed by atoms with Gasteiger partial charge in [-0.3, -0.25) is 0 Å². The number of nitrogens with zero attached hydrogens (tertiary/aromatic N) is 2. The lowest BCUT2D eigenvalue weighted by Crippen LogP contribution is -2.46. The van der Waals surface area contributed by atoms with E-state index in [1.54, 1.807) is 6.07 Å². The summed E-state index contributed by atoms with van der Waals surface area (Å²) in [6.45, 7) is 10.4. The molecule has 28 heavy (non-hydrogen) atoms. The lowest BCUT2D eigenvalue weighted by Gasteiger charge is -2.35. The van der Waals surface area contributed by atoms with Crippen LogP contribution in [0.4, 0.5) is 13.2 Å². The van der Waals surface area contributed by atoms with E-state index >= 15 is 0 Å². The predicted octanol–water partition coefficient (Wildman–Crippen LogP) is 4.50. The topological polar surface area (TPSA) is 39.7 Å². The number of rotatable bonds is 6. The number of benzene rings is 1. The molecular formula is C20H32F3IN4. The minimum Gasteiger partial charge on any atom is -0.357 e. The molecule has 1 aromatic carbocycles. The third kappa shape index (κ3) is 8.14. The smallest absolute Gasteiger partial charge is 0.357 e. The number of guanidine groups is 1. The Hall–Kier alpha value is -1.03. The molecular weight excluding hydrogens is 480 g/mol. The maximum atomic E-state index is 12.8. The summed E-state index contributed by atoms with van der Waals surface area (Å²) in [4.78, 5) is 6.95. The van der Waals surface area contributed by atoms with E-state index in [0.29, 0.717) is 30.0 Å². The van der Waals surface area contributed by atoms with Crippen molar-refractivity contribution >= 4 is 29.9 Å². The number of nitrogens with one attached hydrogen (secondary N) is 2. The van der Waals surface area contributed by atoms with Gasteiger partial charge in [0.1, 0.15) is 0 Å². The molecule has 0 saturated carbocycles. The summed E-state index contributed by atoms with van der Waals surface area (Å²) in [6.07, 6.45) is -1.95.